The summed E-state index contributed by atoms with van der Waals surface area (Å²) in [5.41, 5.74) is 5.27. The number of benzene rings is 2. The number of halogens is 2. The molecule has 1 saturated heterocycles. The van der Waals surface area contributed by atoms with Crippen molar-refractivity contribution in [2.45, 2.75) is 58.0 Å². The molecule has 0 unspecified atom stereocenters. The molecule has 1 atom stereocenters. The van der Waals surface area contributed by atoms with E-state index in [1.54, 1.807) is 11.1 Å². The van der Waals surface area contributed by atoms with Gasteiger partial charge in [-0.25, -0.2) is 18.7 Å². The van der Waals surface area contributed by atoms with Crippen LogP contribution >= 0.6 is 0 Å². The summed E-state index contributed by atoms with van der Waals surface area (Å²) < 4.78 is 35.5. The molecule has 0 radical (unpaired) electrons. The van der Waals surface area contributed by atoms with Crippen molar-refractivity contribution in [1.29, 1.82) is 0 Å². The molecule has 8 nitrogen and oxygen atoms in total. The van der Waals surface area contributed by atoms with Crippen LogP contribution in [-0.2, 0) is 4.79 Å². The minimum Gasteiger partial charge on any atom is -0.367 e. The summed E-state index contributed by atoms with van der Waals surface area (Å²) in [6.45, 7) is 3.77. The number of rotatable bonds is 6. The molecular formula is C31H28F2N6O2. The van der Waals surface area contributed by atoms with Crippen LogP contribution in [0.2, 0.25) is 0 Å². The van der Waals surface area contributed by atoms with Gasteiger partial charge in [0, 0.05) is 29.8 Å². The zero-order chi connectivity index (χ0) is 28.2. The predicted molar refractivity (Wildman–Crippen MR) is 151 cm³/mol. The molecule has 1 aliphatic carbocycles. The van der Waals surface area contributed by atoms with Crippen molar-refractivity contribution in [1.82, 2.24) is 19.7 Å². The molecule has 10 heteroatoms. The standard InChI is InChI=1S/C31H28F2N6O2/c1-17-30(18(2)41-37-17)19-6-12-26-25(14-19)36-31(39(26)22-10-13-28(34-16-22)35-20-7-8-20)27-4-3-5-29(40)38(27)21-9-11-23(32)24(33)15-21/h6,9-16,20,27H,3-5,7-8H2,1-2H3,(H,34,35)/t27-/m0/s1. The van der Waals surface area contributed by atoms with Crippen LogP contribution in [0, 0.1) is 25.5 Å². The average Bonchev–Trinajstić information content (AvgIpc) is 3.61. The number of hydrogen-bond acceptors (Lipinski definition) is 6. The number of carbonyl (C=O) groups is 1. The lowest BCUT2D eigenvalue weighted by Gasteiger charge is -2.35. The summed E-state index contributed by atoms with van der Waals surface area (Å²) in [5, 5.41) is 7.51. The Morgan fingerprint density at radius 1 is 0.976 bits per heavy atom. The minimum atomic E-state index is -1.000. The molecule has 2 aromatic carbocycles. The number of pyridine rings is 1. The molecule has 41 heavy (non-hydrogen) atoms. The third kappa shape index (κ3) is 4.53. The van der Waals surface area contributed by atoms with E-state index in [1.165, 1.54) is 6.07 Å². The van der Waals surface area contributed by atoms with Gasteiger partial charge in [-0.05, 0) is 81.5 Å². The number of nitrogens with zero attached hydrogens (tertiary/aromatic N) is 5. The molecule has 7 rings (SSSR count). The van der Waals surface area contributed by atoms with Crippen LogP contribution in [0.4, 0.5) is 20.3 Å². The Balaban J connectivity index is 1.40. The topological polar surface area (TPSA) is 89.1 Å². The number of piperidine rings is 1. The monoisotopic (exact) mass is 554 g/mol. The molecule has 2 fully saturated rings. The quantitative estimate of drug-likeness (QED) is 0.248. The maximum Gasteiger partial charge on any atom is 0.227 e. The highest BCUT2D eigenvalue weighted by molar-refractivity contribution is 5.95. The van der Waals surface area contributed by atoms with Crippen molar-refractivity contribution in [3.63, 3.8) is 0 Å². The van der Waals surface area contributed by atoms with Crippen molar-refractivity contribution in [3.8, 4) is 16.8 Å². The highest BCUT2D eigenvalue weighted by atomic mass is 19.2. The highest BCUT2D eigenvalue weighted by Crippen LogP contribution is 2.39. The van der Waals surface area contributed by atoms with Gasteiger partial charge in [0.25, 0.3) is 0 Å². The van der Waals surface area contributed by atoms with E-state index in [-0.39, 0.29) is 5.91 Å². The number of fused-ring (bicyclic) bond motifs is 1. The van der Waals surface area contributed by atoms with Crippen LogP contribution < -0.4 is 10.2 Å². The van der Waals surface area contributed by atoms with E-state index in [9.17, 15) is 13.6 Å². The van der Waals surface area contributed by atoms with E-state index in [0.29, 0.717) is 42.6 Å². The Morgan fingerprint density at radius 3 is 2.51 bits per heavy atom. The summed E-state index contributed by atoms with van der Waals surface area (Å²) in [5.74, 6) is 0.0220. The number of aromatic nitrogens is 4. The zero-order valence-electron chi connectivity index (χ0n) is 22.7. The van der Waals surface area contributed by atoms with Gasteiger partial charge in [0.1, 0.15) is 17.4 Å². The lowest BCUT2D eigenvalue weighted by atomic mass is 9.99. The second kappa shape index (κ2) is 9.79. The van der Waals surface area contributed by atoms with Gasteiger partial charge in [0.15, 0.2) is 11.6 Å². The maximum absolute atomic E-state index is 14.3. The number of anilines is 2. The smallest absolute Gasteiger partial charge is 0.227 e. The van der Waals surface area contributed by atoms with Crippen LogP contribution in [0.15, 0.2) is 59.3 Å². The molecule has 1 amide bonds. The lowest BCUT2D eigenvalue weighted by molar-refractivity contribution is -0.120. The molecule has 3 aromatic heterocycles. The maximum atomic E-state index is 14.3. The summed E-state index contributed by atoms with van der Waals surface area (Å²) in [4.78, 5) is 24.6. The van der Waals surface area contributed by atoms with Crippen LogP contribution in [0.3, 0.4) is 0 Å². The summed E-state index contributed by atoms with van der Waals surface area (Å²) in [7, 11) is 0. The number of amides is 1. The van der Waals surface area contributed by atoms with Crippen molar-refractivity contribution in [3.05, 3.63) is 83.6 Å². The normalized spacial score (nSPS) is 17.4. The Morgan fingerprint density at radius 2 is 1.80 bits per heavy atom. The molecule has 208 valence electrons. The fraction of sp³-hybridized carbons (Fsp3) is 0.290. The summed E-state index contributed by atoms with van der Waals surface area (Å²) in [6.07, 6.45) is 5.66. The Kier molecular flexibility index (Phi) is 6.06. The number of carbonyl (C=O) groups excluding carboxylic acids is 1. The van der Waals surface area contributed by atoms with E-state index < -0.39 is 17.7 Å². The molecule has 1 N–H and O–H groups in total. The SMILES string of the molecule is Cc1noc(C)c1-c1ccc2c(c1)nc([C@@H]1CCCC(=O)N1c1ccc(F)c(F)c1)n2-c1ccc(NC2CC2)nc1. The molecular weight excluding hydrogens is 526 g/mol. The third-order valence-corrected chi connectivity index (χ3v) is 7.87. The average molecular weight is 555 g/mol. The van der Waals surface area contributed by atoms with Gasteiger partial charge in [-0.3, -0.25) is 9.36 Å². The van der Waals surface area contributed by atoms with E-state index in [0.717, 1.165) is 64.3 Å². The van der Waals surface area contributed by atoms with Gasteiger partial charge < -0.3 is 14.7 Å². The van der Waals surface area contributed by atoms with E-state index >= 15 is 0 Å². The number of nitrogens with one attached hydrogen (secondary N) is 1. The molecule has 0 bridgehead atoms. The van der Waals surface area contributed by atoms with E-state index in [1.807, 2.05) is 48.7 Å². The first-order chi connectivity index (χ1) is 19.9. The van der Waals surface area contributed by atoms with Gasteiger partial charge in [-0.2, -0.15) is 0 Å². The number of hydrogen-bond donors (Lipinski definition) is 1. The van der Waals surface area contributed by atoms with Gasteiger partial charge in [-0.15, -0.1) is 0 Å². The Labute approximate surface area is 235 Å². The Hall–Kier alpha value is -4.60. The second-order valence-electron chi connectivity index (χ2n) is 10.8. The first-order valence-corrected chi connectivity index (χ1v) is 13.8. The van der Waals surface area contributed by atoms with E-state index in [4.69, 9.17) is 9.51 Å². The van der Waals surface area contributed by atoms with Gasteiger partial charge in [0.2, 0.25) is 5.91 Å². The first-order valence-electron chi connectivity index (χ1n) is 13.8. The van der Waals surface area contributed by atoms with Crippen molar-refractivity contribution in [2.75, 3.05) is 10.2 Å². The zero-order valence-corrected chi connectivity index (χ0v) is 22.7. The van der Waals surface area contributed by atoms with Crippen LogP contribution in [0.25, 0.3) is 27.8 Å². The van der Waals surface area contributed by atoms with Crippen LogP contribution in [0.5, 0.6) is 0 Å². The highest BCUT2D eigenvalue weighted by Gasteiger charge is 2.35. The number of aryl methyl sites for hydroxylation is 2. The predicted octanol–water partition coefficient (Wildman–Crippen LogP) is 6.80. The molecule has 1 saturated carbocycles. The molecule has 5 aromatic rings. The molecule has 1 aliphatic heterocycles. The third-order valence-electron chi connectivity index (χ3n) is 7.87. The summed E-state index contributed by atoms with van der Waals surface area (Å²) in [6, 6.07) is 13.5. The van der Waals surface area contributed by atoms with Gasteiger partial charge in [-0.1, -0.05) is 11.2 Å². The van der Waals surface area contributed by atoms with Crippen molar-refractivity contribution < 1.29 is 18.1 Å². The molecule has 4 heterocycles. The second-order valence-corrected chi connectivity index (χ2v) is 10.8. The first kappa shape index (κ1) is 25.4. The largest absolute Gasteiger partial charge is 0.367 e. The van der Waals surface area contributed by atoms with Crippen LogP contribution in [0.1, 0.15) is 55.4 Å². The number of imidazole rings is 1. The van der Waals surface area contributed by atoms with Crippen molar-refractivity contribution >= 4 is 28.4 Å². The minimum absolute atomic E-state index is 0.163. The summed E-state index contributed by atoms with van der Waals surface area (Å²) >= 11 is 0. The van der Waals surface area contributed by atoms with Gasteiger partial charge >= 0.3 is 0 Å². The van der Waals surface area contributed by atoms with Gasteiger partial charge in [0.05, 0.1) is 34.7 Å². The molecule has 2 aliphatic rings. The fourth-order valence-corrected chi connectivity index (χ4v) is 5.76. The van der Waals surface area contributed by atoms with Crippen LogP contribution in [-0.4, -0.2) is 31.6 Å². The van der Waals surface area contributed by atoms with Crippen molar-refractivity contribution in [2.24, 2.45) is 0 Å². The molecule has 0 spiro atoms. The lowest BCUT2D eigenvalue weighted by Crippen LogP contribution is -2.39. The fourth-order valence-electron chi connectivity index (χ4n) is 5.76. The van der Waals surface area contributed by atoms with E-state index in [2.05, 4.69) is 15.5 Å². The Bertz CT molecular complexity index is 1770.